The number of β-amino-alcohol motifs (C(OH)–C–C–N with tert-alkyl or cyclic N) is 1. The van der Waals surface area contributed by atoms with Gasteiger partial charge in [-0.2, -0.15) is 0 Å². The lowest BCUT2D eigenvalue weighted by atomic mass is 9.68. The predicted molar refractivity (Wildman–Crippen MR) is 138 cm³/mol. The molecular weight excluding hydrogens is 485 g/mol. The minimum Gasteiger partial charge on any atom is -0.395 e. The Morgan fingerprint density at radius 1 is 1.23 bits per heavy atom. The smallest absolute Gasteiger partial charge is 0.255 e. The molecule has 1 aliphatic carbocycles. The SMILES string of the molecule is CC1=C(C(=O)Nc2cc(C)ccn2)C(c2cccc(Cl)c2Cl)C2=C(CC(C)(C)CC2=O)N1CCO. The first kappa shape index (κ1) is 25.4. The number of aryl methyl sites for hydroxylation is 1. The quantitative estimate of drug-likeness (QED) is 0.540. The molecule has 2 aromatic rings. The molecule has 2 N–H and O–H groups in total. The summed E-state index contributed by atoms with van der Waals surface area (Å²) in [5.41, 5.74) is 3.71. The fourth-order valence-electron chi connectivity index (χ4n) is 5.11. The Morgan fingerprint density at radius 2 is 1.97 bits per heavy atom. The van der Waals surface area contributed by atoms with E-state index >= 15 is 0 Å². The number of allylic oxidation sites excluding steroid dienone is 3. The van der Waals surface area contributed by atoms with Crippen LogP contribution in [0.25, 0.3) is 0 Å². The number of pyridine rings is 1. The van der Waals surface area contributed by atoms with Crippen molar-refractivity contribution in [2.45, 2.75) is 46.5 Å². The summed E-state index contributed by atoms with van der Waals surface area (Å²) >= 11 is 13.0. The van der Waals surface area contributed by atoms with Crippen molar-refractivity contribution >= 4 is 40.7 Å². The van der Waals surface area contributed by atoms with Gasteiger partial charge >= 0.3 is 0 Å². The monoisotopic (exact) mass is 513 g/mol. The molecule has 1 aromatic carbocycles. The highest BCUT2D eigenvalue weighted by Crippen LogP contribution is 2.51. The van der Waals surface area contributed by atoms with E-state index in [0.29, 0.717) is 51.1 Å². The highest BCUT2D eigenvalue weighted by atomic mass is 35.5. The molecule has 0 radical (unpaired) electrons. The Bertz CT molecular complexity index is 1270. The van der Waals surface area contributed by atoms with E-state index in [1.807, 2.05) is 30.9 Å². The van der Waals surface area contributed by atoms with Crippen molar-refractivity contribution in [3.63, 3.8) is 0 Å². The van der Waals surface area contributed by atoms with Gasteiger partial charge in [0.1, 0.15) is 5.82 Å². The van der Waals surface area contributed by atoms with Gasteiger partial charge in [0.05, 0.1) is 16.7 Å². The largest absolute Gasteiger partial charge is 0.395 e. The predicted octanol–water partition coefficient (Wildman–Crippen LogP) is 5.64. The number of rotatable bonds is 5. The first-order valence-electron chi connectivity index (χ1n) is 11.6. The number of benzene rings is 1. The van der Waals surface area contributed by atoms with Crippen molar-refractivity contribution in [3.05, 3.63) is 80.2 Å². The highest BCUT2D eigenvalue weighted by Gasteiger charge is 2.45. The van der Waals surface area contributed by atoms with Crippen LogP contribution in [0.5, 0.6) is 0 Å². The molecule has 1 unspecified atom stereocenters. The summed E-state index contributed by atoms with van der Waals surface area (Å²) in [6, 6.07) is 8.89. The number of ketones is 1. The van der Waals surface area contributed by atoms with Gasteiger partial charge in [0.25, 0.3) is 5.91 Å². The standard InChI is InChI=1S/C27H29Cl2N3O3/c1-15-8-9-30-21(12-15)31-26(35)22-16(2)32(10-11-33)19-13-27(3,4)14-20(34)24(19)23(22)17-6-5-7-18(28)25(17)29/h5-9,12,23,33H,10-11,13-14H2,1-4H3,(H,30,31,35). The van der Waals surface area contributed by atoms with E-state index in [0.717, 1.165) is 11.3 Å². The molecular formula is C27H29Cl2N3O3. The fourth-order valence-corrected chi connectivity index (χ4v) is 5.53. The Labute approximate surface area is 215 Å². The van der Waals surface area contributed by atoms with Crippen LogP contribution >= 0.6 is 23.2 Å². The number of aliphatic hydroxyl groups excluding tert-OH is 1. The zero-order chi connectivity index (χ0) is 25.5. The van der Waals surface area contributed by atoms with Crippen molar-refractivity contribution < 1.29 is 14.7 Å². The first-order valence-corrected chi connectivity index (χ1v) is 12.3. The molecule has 0 saturated carbocycles. The van der Waals surface area contributed by atoms with Crippen LogP contribution in [0.15, 0.2) is 59.1 Å². The van der Waals surface area contributed by atoms with Crippen LogP contribution in [0.3, 0.4) is 0 Å². The zero-order valence-electron chi connectivity index (χ0n) is 20.3. The third kappa shape index (κ3) is 4.88. The molecule has 6 nitrogen and oxygen atoms in total. The van der Waals surface area contributed by atoms with Crippen LogP contribution in [-0.2, 0) is 9.59 Å². The van der Waals surface area contributed by atoms with Crippen LogP contribution in [0.2, 0.25) is 10.0 Å². The Morgan fingerprint density at radius 3 is 2.66 bits per heavy atom. The number of hydrogen-bond donors (Lipinski definition) is 2. The number of anilines is 1. The maximum atomic E-state index is 13.8. The zero-order valence-corrected chi connectivity index (χ0v) is 21.8. The third-order valence-corrected chi connectivity index (χ3v) is 7.45. The summed E-state index contributed by atoms with van der Waals surface area (Å²) in [5.74, 6) is -0.698. The molecule has 4 rings (SSSR count). The maximum Gasteiger partial charge on any atom is 0.255 e. The van der Waals surface area contributed by atoms with Gasteiger partial charge < -0.3 is 15.3 Å². The van der Waals surface area contributed by atoms with Gasteiger partial charge in [0, 0.05) is 47.6 Å². The summed E-state index contributed by atoms with van der Waals surface area (Å²) < 4.78 is 0. The van der Waals surface area contributed by atoms with Gasteiger partial charge in [-0.1, -0.05) is 49.2 Å². The molecule has 0 bridgehead atoms. The van der Waals surface area contributed by atoms with E-state index in [2.05, 4.69) is 24.1 Å². The number of halogens is 2. The fraction of sp³-hybridized carbons (Fsp3) is 0.370. The number of carbonyl (C=O) groups is 2. The lowest BCUT2D eigenvalue weighted by Crippen LogP contribution is -2.42. The number of aromatic nitrogens is 1. The van der Waals surface area contributed by atoms with E-state index in [1.54, 1.807) is 24.4 Å². The number of nitrogens with zero attached hydrogens (tertiary/aromatic N) is 2. The van der Waals surface area contributed by atoms with Crippen LogP contribution in [0.4, 0.5) is 5.82 Å². The van der Waals surface area contributed by atoms with Gasteiger partial charge in [-0.3, -0.25) is 9.59 Å². The Kier molecular flexibility index (Phi) is 7.09. The van der Waals surface area contributed by atoms with Crippen LogP contribution in [-0.4, -0.2) is 39.8 Å². The van der Waals surface area contributed by atoms with Gasteiger partial charge in [0.2, 0.25) is 0 Å². The Hall–Kier alpha value is -2.67. The highest BCUT2D eigenvalue weighted by molar-refractivity contribution is 6.42. The van der Waals surface area contributed by atoms with Gasteiger partial charge in [-0.15, -0.1) is 0 Å². The number of aliphatic hydroxyl groups is 1. The molecule has 0 fully saturated rings. The molecule has 1 aliphatic heterocycles. The molecule has 2 heterocycles. The summed E-state index contributed by atoms with van der Waals surface area (Å²) in [6.07, 6.45) is 2.61. The second-order valence-electron chi connectivity index (χ2n) is 9.92. The van der Waals surface area contributed by atoms with E-state index in [-0.39, 0.29) is 30.3 Å². The molecule has 1 atom stereocenters. The first-order chi connectivity index (χ1) is 16.5. The van der Waals surface area contributed by atoms with Crippen molar-refractivity contribution in [3.8, 4) is 0 Å². The van der Waals surface area contributed by atoms with Crippen LogP contribution in [0, 0.1) is 12.3 Å². The number of hydrogen-bond acceptors (Lipinski definition) is 5. The average molecular weight is 514 g/mol. The summed E-state index contributed by atoms with van der Waals surface area (Å²) in [6.45, 7) is 8.01. The van der Waals surface area contributed by atoms with E-state index in [1.165, 1.54) is 0 Å². The van der Waals surface area contributed by atoms with Crippen LogP contribution < -0.4 is 5.32 Å². The van der Waals surface area contributed by atoms with E-state index in [4.69, 9.17) is 23.2 Å². The number of Topliss-reactive ketones (excluding diaryl/α,β-unsaturated/α-hetero) is 1. The normalized spacial score (nSPS) is 19.7. The Balaban J connectivity index is 1.94. The minimum absolute atomic E-state index is 0.0355. The third-order valence-electron chi connectivity index (χ3n) is 6.61. The number of amides is 1. The topological polar surface area (TPSA) is 82.5 Å². The number of carbonyl (C=O) groups excluding carboxylic acids is 2. The molecule has 0 spiro atoms. The van der Waals surface area contributed by atoms with E-state index in [9.17, 15) is 14.7 Å². The molecule has 0 saturated heterocycles. The molecule has 8 heteroatoms. The van der Waals surface area contributed by atoms with Gasteiger partial charge in [-0.05, 0) is 55.0 Å². The number of nitrogens with one attached hydrogen (secondary N) is 1. The van der Waals surface area contributed by atoms with Crippen LogP contribution in [0.1, 0.15) is 50.7 Å². The van der Waals surface area contributed by atoms with Crippen molar-refractivity contribution in [2.75, 3.05) is 18.5 Å². The minimum atomic E-state index is -0.695. The molecule has 1 aromatic heterocycles. The molecule has 184 valence electrons. The second-order valence-corrected chi connectivity index (χ2v) is 10.7. The van der Waals surface area contributed by atoms with Gasteiger partial charge in [0.15, 0.2) is 5.78 Å². The maximum absolute atomic E-state index is 13.8. The second kappa shape index (κ2) is 9.76. The lowest BCUT2D eigenvalue weighted by Gasteiger charge is -2.45. The van der Waals surface area contributed by atoms with Crippen molar-refractivity contribution in [1.29, 1.82) is 0 Å². The van der Waals surface area contributed by atoms with Gasteiger partial charge in [-0.25, -0.2) is 4.98 Å². The van der Waals surface area contributed by atoms with Crippen molar-refractivity contribution in [1.82, 2.24) is 9.88 Å². The lowest BCUT2D eigenvalue weighted by molar-refractivity contribution is -0.118. The molecule has 35 heavy (non-hydrogen) atoms. The summed E-state index contributed by atoms with van der Waals surface area (Å²) in [4.78, 5) is 33.7. The summed E-state index contributed by atoms with van der Waals surface area (Å²) in [5, 5.41) is 13.4. The average Bonchev–Trinajstić information content (AvgIpc) is 2.76. The summed E-state index contributed by atoms with van der Waals surface area (Å²) in [7, 11) is 0. The van der Waals surface area contributed by atoms with E-state index < -0.39 is 5.92 Å². The molecule has 1 amide bonds. The van der Waals surface area contributed by atoms with Crippen molar-refractivity contribution in [2.24, 2.45) is 5.41 Å². The molecule has 2 aliphatic rings.